The van der Waals surface area contributed by atoms with Gasteiger partial charge in [-0.05, 0) is 46.9 Å². The maximum atomic E-state index is 7.46. The third kappa shape index (κ3) is 7.62. The van der Waals surface area contributed by atoms with Gasteiger partial charge in [-0.2, -0.15) is 0 Å². The topological polar surface area (TPSA) is 44.5 Å². The molecule has 2 N–H and O–H groups in total. The van der Waals surface area contributed by atoms with Crippen molar-refractivity contribution >= 4 is 27.0 Å². The zero-order valence-corrected chi connectivity index (χ0v) is 26.1. The molecule has 0 unspecified atom stereocenters. The van der Waals surface area contributed by atoms with Gasteiger partial charge in [0.05, 0.1) is 6.10 Å². The molecule has 0 heterocycles. The maximum absolute atomic E-state index is 7.46. The van der Waals surface area contributed by atoms with Gasteiger partial charge < -0.3 is 14.6 Å². The summed E-state index contributed by atoms with van der Waals surface area (Å²) in [5, 5.41) is 2.69. The Kier molecular flexibility index (Phi) is 10.7. The van der Waals surface area contributed by atoms with Crippen molar-refractivity contribution in [3.05, 3.63) is 84.5 Å². The molecule has 0 fully saturated rings. The number of rotatable bonds is 11. The van der Waals surface area contributed by atoms with Crippen LogP contribution < -0.4 is 16.1 Å². The van der Waals surface area contributed by atoms with Crippen LogP contribution in [0.1, 0.15) is 54.9 Å². The summed E-state index contributed by atoms with van der Waals surface area (Å²) in [4.78, 5) is 0. The van der Waals surface area contributed by atoms with Crippen molar-refractivity contribution in [1.29, 1.82) is 0 Å². The van der Waals surface area contributed by atoms with Gasteiger partial charge in [0.2, 0.25) is 0 Å². The molecule has 0 spiro atoms. The van der Waals surface area contributed by atoms with E-state index in [2.05, 4.69) is 134 Å². The molecule has 0 aromatic heterocycles. The minimum Gasteiger partial charge on any atom is -0.417 e. The molecule has 0 amide bonds. The third-order valence-electron chi connectivity index (χ3n) is 7.38. The summed E-state index contributed by atoms with van der Waals surface area (Å²) in [6.07, 6.45) is 7.09. The van der Waals surface area contributed by atoms with Crippen LogP contribution in [0.15, 0.2) is 84.5 Å². The Morgan fingerprint density at radius 2 is 1.36 bits per heavy atom. The van der Waals surface area contributed by atoms with Gasteiger partial charge in [0.25, 0.3) is 8.32 Å². The highest BCUT2D eigenvalue weighted by Crippen LogP contribution is 2.39. The zero-order chi connectivity index (χ0) is 27.0. The first-order chi connectivity index (χ1) is 16.7. The first-order valence-electron chi connectivity index (χ1n) is 13.2. The molecule has 0 bridgehead atoms. The van der Waals surface area contributed by atoms with Crippen LogP contribution in [0.4, 0.5) is 0 Å². The van der Waals surface area contributed by atoms with Gasteiger partial charge >= 0.3 is 0 Å². The van der Waals surface area contributed by atoms with Crippen molar-refractivity contribution in [3.63, 3.8) is 0 Å². The molecule has 198 valence electrons. The number of nitrogens with two attached hydrogens (primary N) is 1. The highest BCUT2D eigenvalue weighted by Gasteiger charge is 2.51. The molecule has 2 rings (SSSR count). The van der Waals surface area contributed by atoms with Crippen LogP contribution in [0, 0.1) is 0 Å². The van der Waals surface area contributed by atoms with Gasteiger partial charge in [0, 0.05) is 13.2 Å². The molecule has 1 atom stereocenters. The second-order valence-electron chi connectivity index (χ2n) is 12.3. The average Bonchev–Trinajstić information content (AvgIpc) is 2.80. The minimum absolute atomic E-state index is 0.0801. The molecule has 0 aliphatic carbocycles. The summed E-state index contributed by atoms with van der Waals surface area (Å²) < 4.78 is 14.1. The lowest BCUT2D eigenvalue weighted by atomic mass is 10.1. The fraction of sp³-hybridized carbons (Fsp3) is 0.484. The predicted octanol–water partition coefficient (Wildman–Crippen LogP) is 6.80. The van der Waals surface area contributed by atoms with Gasteiger partial charge in [-0.15, -0.1) is 0 Å². The summed E-state index contributed by atoms with van der Waals surface area (Å²) >= 11 is 0. The van der Waals surface area contributed by atoms with E-state index in [1.807, 2.05) is 6.08 Å². The van der Waals surface area contributed by atoms with Crippen molar-refractivity contribution in [2.45, 2.75) is 84.2 Å². The van der Waals surface area contributed by atoms with E-state index < -0.39 is 16.6 Å². The number of benzene rings is 2. The summed E-state index contributed by atoms with van der Waals surface area (Å²) in [7, 11) is -4.53. The smallest absolute Gasteiger partial charge is 0.261 e. The molecule has 2 aromatic rings. The average molecular weight is 524 g/mol. The molecule has 36 heavy (non-hydrogen) atoms. The Balaban J connectivity index is 2.57. The Labute approximate surface area is 223 Å². The largest absolute Gasteiger partial charge is 0.417 e. The monoisotopic (exact) mass is 523 g/mol. The lowest BCUT2D eigenvalue weighted by Crippen LogP contribution is -2.67. The number of hydrogen-bond donors (Lipinski definition) is 1. The van der Waals surface area contributed by atoms with Crippen molar-refractivity contribution < 1.29 is 8.85 Å². The predicted molar refractivity (Wildman–Crippen MR) is 162 cm³/mol. The number of allylic oxidation sites excluding steroid dienone is 2. The first-order valence-corrected chi connectivity index (χ1v) is 18.0. The van der Waals surface area contributed by atoms with E-state index in [-0.39, 0.29) is 16.2 Å². The van der Waals surface area contributed by atoms with Crippen LogP contribution in [0.5, 0.6) is 0 Å². The van der Waals surface area contributed by atoms with Crippen LogP contribution in [0.2, 0.25) is 23.2 Å². The van der Waals surface area contributed by atoms with Gasteiger partial charge in [-0.1, -0.05) is 126 Å². The second-order valence-corrected chi connectivity index (χ2v) is 21.3. The molecule has 0 saturated carbocycles. The fourth-order valence-corrected chi connectivity index (χ4v) is 10.1. The highest BCUT2D eigenvalue weighted by molar-refractivity contribution is 6.99. The lowest BCUT2D eigenvalue weighted by molar-refractivity contribution is 0.180. The van der Waals surface area contributed by atoms with Crippen molar-refractivity contribution in [2.75, 3.05) is 13.2 Å². The molecule has 5 heteroatoms. The van der Waals surface area contributed by atoms with Crippen LogP contribution in [-0.2, 0) is 8.85 Å². The number of hydrogen-bond acceptors (Lipinski definition) is 3. The normalized spacial score (nSPS) is 14.9. The van der Waals surface area contributed by atoms with Crippen molar-refractivity contribution in [3.8, 4) is 0 Å². The van der Waals surface area contributed by atoms with Gasteiger partial charge in [-0.25, -0.2) is 0 Å². The first kappa shape index (κ1) is 30.5. The third-order valence-corrected chi connectivity index (χ3v) is 17.0. The van der Waals surface area contributed by atoms with Gasteiger partial charge in [0.1, 0.15) is 0 Å². The van der Waals surface area contributed by atoms with E-state index in [1.165, 1.54) is 10.4 Å². The van der Waals surface area contributed by atoms with E-state index in [4.69, 9.17) is 14.6 Å². The maximum Gasteiger partial charge on any atom is 0.261 e. The molecule has 0 aliphatic heterocycles. The van der Waals surface area contributed by atoms with E-state index in [1.54, 1.807) is 0 Å². The summed E-state index contributed by atoms with van der Waals surface area (Å²) in [5.41, 5.74) is 6.90. The van der Waals surface area contributed by atoms with Crippen LogP contribution in [0.3, 0.4) is 0 Å². The Hall–Kier alpha value is -1.77. The molecular formula is C31H49NO2Si2. The van der Waals surface area contributed by atoms with E-state index in [0.29, 0.717) is 13.2 Å². The Morgan fingerprint density at radius 1 is 0.861 bits per heavy atom. The van der Waals surface area contributed by atoms with Crippen LogP contribution in [0.25, 0.3) is 0 Å². The standard InChI is InChI=1S/C31H49NO2Si2/c1-26(17-16-23-32)25-27(22-24-33-35(8,9)30(2,3)4)34-36(31(5,6)7,28-18-12-10-13-19-28)29-20-14-11-15-21-29/h10-21,25,27H,22-24,32H2,1-9H3/b17-16+,26-25+/t27-/m0/s1. The molecule has 3 nitrogen and oxygen atoms in total. The second kappa shape index (κ2) is 12.7. The summed E-state index contributed by atoms with van der Waals surface area (Å²) in [5.74, 6) is 0. The van der Waals surface area contributed by atoms with Gasteiger partial charge in [-0.3, -0.25) is 0 Å². The molecule has 0 aliphatic rings. The Bertz CT molecular complexity index is 947. The van der Waals surface area contributed by atoms with E-state index in [0.717, 1.165) is 12.0 Å². The lowest BCUT2D eigenvalue weighted by Gasteiger charge is -2.45. The molecule has 2 aromatic carbocycles. The van der Waals surface area contributed by atoms with E-state index in [9.17, 15) is 0 Å². The fourth-order valence-electron chi connectivity index (χ4n) is 4.34. The summed E-state index contributed by atoms with van der Waals surface area (Å²) in [6.45, 7) is 21.8. The van der Waals surface area contributed by atoms with E-state index >= 15 is 0 Å². The van der Waals surface area contributed by atoms with Crippen LogP contribution in [-0.4, -0.2) is 35.9 Å². The molecular weight excluding hydrogens is 475 g/mol. The van der Waals surface area contributed by atoms with Crippen LogP contribution >= 0.6 is 0 Å². The molecule has 0 radical (unpaired) electrons. The van der Waals surface area contributed by atoms with Gasteiger partial charge in [0.15, 0.2) is 8.32 Å². The highest BCUT2D eigenvalue weighted by atomic mass is 28.4. The van der Waals surface area contributed by atoms with Crippen molar-refractivity contribution in [2.24, 2.45) is 5.73 Å². The quantitative estimate of drug-likeness (QED) is 0.260. The Morgan fingerprint density at radius 3 is 1.78 bits per heavy atom. The zero-order valence-electron chi connectivity index (χ0n) is 24.1. The minimum atomic E-state index is -2.68. The SMILES string of the molecule is CC(/C=C/CN)=C\[C@H](CCO[Si](C)(C)C(C)(C)C)O[Si](c1ccccc1)(c1ccccc1)C(C)(C)C. The summed E-state index contributed by atoms with van der Waals surface area (Å²) in [6, 6.07) is 21.7. The molecule has 0 saturated heterocycles. The van der Waals surface area contributed by atoms with Crippen molar-refractivity contribution in [1.82, 2.24) is 0 Å².